The molecule has 1 heterocycles. The van der Waals surface area contributed by atoms with Crippen LogP contribution in [0, 0.1) is 5.92 Å². The molecule has 0 radical (unpaired) electrons. The Morgan fingerprint density at radius 2 is 1.94 bits per heavy atom. The molecular formula is C26H28N2O5. The summed E-state index contributed by atoms with van der Waals surface area (Å²) in [5, 5.41) is 3.88. The van der Waals surface area contributed by atoms with Crippen molar-refractivity contribution < 1.29 is 23.6 Å². The van der Waals surface area contributed by atoms with Gasteiger partial charge in [0.1, 0.15) is 12.0 Å². The quantitative estimate of drug-likeness (QED) is 0.438. The first-order valence-corrected chi connectivity index (χ1v) is 11.2. The molecule has 3 aromatic rings. The lowest BCUT2D eigenvalue weighted by Crippen LogP contribution is -2.26. The second kappa shape index (κ2) is 10.8. The van der Waals surface area contributed by atoms with Crippen LogP contribution in [0.1, 0.15) is 37.0 Å². The molecule has 2 aromatic carbocycles. The Morgan fingerprint density at radius 3 is 2.70 bits per heavy atom. The predicted octanol–water partition coefficient (Wildman–Crippen LogP) is 5.25. The highest BCUT2D eigenvalue weighted by molar-refractivity contribution is 5.68. The Balaban J connectivity index is 1.33. The van der Waals surface area contributed by atoms with Crippen LogP contribution in [0.5, 0.6) is 5.75 Å². The van der Waals surface area contributed by atoms with Crippen molar-refractivity contribution in [3.63, 3.8) is 0 Å². The van der Waals surface area contributed by atoms with Gasteiger partial charge in [-0.3, -0.25) is 0 Å². The second-order valence-corrected chi connectivity index (χ2v) is 8.39. The standard InChI is InChI=1S/C26H28N2O5/c1-28(16-19-6-3-2-4-7-19)26(30)31-18-25-24(15-27-33-25)21-10-12-22(13-11-21)32-23-9-5-8-20(14-23)17-29/h2-4,6-7,10-13,15,17,20,23H,5,8-9,14,16,18H2,1H3/t20?,23-/m0/s1. The van der Waals surface area contributed by atoms with E-state index in [1.807, 2.05) is 54.6 Å². The van der Waals surface area contributed by atoms with Crippen molar-refractivity contribution in [3.8, 4) is 16.9 Å². The van der Waals surface area contributed by atoms with Crippen LogP contribution in [0.3, 0.4) is 0 Å². The molecule has 33 heavy (non-hydrogen) atoms. The van der Waals surface area contributed by atoms with Gasteiger partial charge in [-0.2, -0.15) is 0 Å². The third-order valence-corrected chi connectivity index (χ3v) is 5.87. The van der Waals surface area contributed by atoms with Crippen molar-refractivity contribution >= 4 is 12.4 Å². The monoisotopic (exact) mass is 448 g/mol. The fourth-order valence-electron chi connectivity index (χ4n) is 4.08. The predicted molar refractivity (Wildman–Crippen MR) is 122 cm³/mol. The minimum absolute atomic E-state index is 0.0132. The molecule has 7 nitrogen and oxygen atoms in total. The zero-order valence-corrected chi connectivity index (χ0v) is 18.7. The van der Waals surface area contributed by atoms with E-state index < -0.39 is 6.09 Å². The van der Waals surface area contributed by atoms with Crippen molar-refractivity contribution in [3.05, 3.63) is 72.1 Å². The number of aldehydes is 1. The summed E-state index contributed by atoms with van der Waals surface area (Å²) in [5.41, 5.74) is 2.68. The SMILES string of the molecule is CN(Cc1ccccc1)C(=O)OCc1oncc1-c1ccc(O[C@H]2CCCC(C=O)C2)cc1. The van der Waals surface area contributed by atoms with Gasteiger partial charge in [0.05, 0.1) is 12.3 Å². The average molecular weight is 449 g/mol. The van der Waals surface area contributed by atoms with Gasteiger partial charge in [0.2, 0.25) is 0 Å². The first-order chi connectivity index (χ1) is 16.1. The summed E-state index contributed by atoms with van der Waals surface area (Å²) in [4.78, 5) is 25.0. The van der Waals surface area contributed by atoms with Gasteiger partial charge in [-0.25, -0.2) is 4.79 Å². The largest absolute Gasteiger partial charge is 0.490 e. The normalized spacial score (nSPS) is 17.8. The van der Waals surface area contributed by atoms with E-state index in [9.17, 15) is 9.59 Å². The number of carbonyl (C=O) groups excluding carboxylic acids is 2. The molecule has 1 amide bonds. The highest BCUT2D eigenvalue weighted by Crippen LogP contribution is 2.29. The van der Waals surface area contributed by atoms with E-state index >= 15 is 0 Å². The molecular weight excluding hydrogens is 420 g/mol. The lowest BCUT2D eigenvalue weighted by atomic mass is 9.88. The van der Waals surface area contributed by atoms with Gasteiger partial charge < -0.3 is 23.7 Å². The summed E-state index contributed by atoms with van der Waals surface area (Å²) in [6.07, 6.45) is 5.97. The summed E-state index contributed by atoms with van der Waals surface area (Å²) in [7, 11) is 1.69. The fraction of sp³-hybridized carbons (Fsp3) is 0.346. The maximum absolute atomic E-state index is 12.4. The number of rotatable bonds is 8. The molecule has 0 saturated heterocycles. The van der Waals surface area contributed by atoms with Crippen LogP contribution in [0.25, 0.3) is 11.1 Å². The molecule has 0 N–H and O–H groups in total. The van der Waals surface area contributed by atoms with Gasteiger partial charge in [-0.05, 0) is 48.9 Å². The van der Waals surface area contributed by atoms with Gasteiger partial charge in [-0.15, -0.1) is 0 Å². The van der Waals surface area contributed by atoms with E-state index in [0.717, 1.165) is 54.4 Å². The number of nitrogens with zero attached hydrogens (tertiary/aromatic N) is 2. The number of benzene rings is 2. The van der Waals surface area contributed by atoms with E-state index in [1.165, 1.54) is 4.90 Å². The lowest BCUT2D eigenvalue weighted by molar-refractivity contribution is -0.112. The fourth-order valence-corrected chi connectivity index (χ4v) is 4.08. The molecule has 4 rings (SSSR count). The maximum Gasteiger partial charge on any atom is 0.410 e. The molecule has 1 aliphatic carbocycles. The molecule has 7 heteroatoms. The highest BCUT2D eigenvalue weighted by atomic mass is 16.6. The van der Waals surface area contributed by atoms with Crippen molar-refractivity contribution in [1.82, 2.24) is 10.1 Å². The van der Waals surface area contributed by atoms with Gasteiger partial charge >= 0.3 is 6.09 Å². The van der Waals surface area contributed by atoms with E-state index in [0.29, 0.717) is 12.3 Å². The number of hydrogen-bond donors (Lipinski definition) is 0. The number of aromatic nitrogens is 1. The Hall–Kier alpha value is -3.61. The van der Waals surface area contributed by atoms with Crippen LogP contribution in [-0.4, -0.2) is 35.6 Å². The number of amides is 1. The average Bonchev–Trinajstić information content (AvgIpc) is 3.32. The molecule has 1 unspecified atom stereocenters. The molecule has 0 aliphatic heterocycles. The number of ether oxygens (including phenoxy) is 2. The van der Waals surface area contributed by atoms with Crippen molar-refractivity contribution in [2.24, 2.45) is 5.92 Å². The number of hydrogen-bond acceptors (Lipinski definition) is 6. The molecule has 1 aliphatic rings. The van der Waals surface area contributed by atoms with Crippen LogP contribution >= 0.6 is 0 Å². The van der Waals surface area contributed by atoms with Crippen molar-refractivity contribution in [1.29, 1.82) is 0 Å². The molecule has 0 bridgehead atoms. The van der Waals surface area contributed by atoms with Crippen LogP contribution in [0.4, 0.5) is 4.79 Å². The van der Waals surface area contributed by atoms with Crippen molar-refractivity contribution in [2.75, 3.05) is 7.05 Å². The van der Waals surface area contributed by atoms with Crippen LogP contribution < -0.4 is 4.74 Å². The Morgan fingerprint density at radius 1 is 1.15 bits per heavy atom. The van der Waals surface area contributed by atoms with Crippen LogP contribution in [0.2, 0.25) is 0 Å². The Kier molecular flexibility index (Phi) is 7.40. The lowest BCUT2D eigenvalue weighted by Gasteiger charge is -2.26. The van der Waals surface area contributed by atoms with Gasteiger partial charge in [0.25, 0.3) is 0 Å². The molecule has 0 spiro atoms. The Labute approximate surface area is 193 Å². The zero-order chi connectivity index (χ0) is 23.0. The summed E-state index contributed by atoms with van der Waals surface area (Å²) in [5.74, 6) is 1.34. The molecule has 1 fully saturated rings. The van der Waals surface area contributed by atoms with E-state index in [-0.39, 0.29) is 18.6 Å². The zero-order valence-electron chi connectivity index (χ0n) is 18.7. The van der Waals surface area contributed by atoms with Crippen LogP contribution in [-0.2, 0) is 22.7 Å². The van der Waals surface area contributed by atoms with Gasteiger partial charge in [0, 0.05) is 25.1 Å². The van der Waals surface area contributed by atoms with Gasteiger partial charge in [0.15, 0.2) is 12.4 Å². The molecule has 2 atom stereocenters. The van der Waals surface area contributed by atoms with E-state index in [4.69, 9.17) is 14.0 Å². The van der Waals surface area contributed by atoms with E-state index in [1.54, 1.807) is 13.2 Å². The van der Waals surface area contributed by atoms with Crippen LogP contribution in [0.15, 0.2) is 65.3 Å². The highest BCUT2D eigenvalue weighted by Gasteiger charge is 2.23. The molecule has 1 saturated carbocycles. The third kappa shape index (κ3) is 6.00. The minimum Gasteiger partial charge on any atom is -0.490 e. The Bertz CT molecular complexity index is 1050. The van der Waals surface area contributed by atoms with Gasteiger partial charge in [-0.1, -0.05) is 47.6 Å². The topological polar surface area (TPSA) is 81.9 Å². The van der Waals surface area contributed by atoms with E-state index in [2.05, 4.69) is 5.16 Å². The summed E-state index contributed by atoms with van der Waals surface area (Å²) in [6, 6.07) is 17.4. The second-order valence-electron chi connectivity index (χ2n) is 8.39. The smallest absolute Gasteiger partial charge is 0.410 e. The molecule has 172 valence electrons. The molecule has 1 aromatic heterocycles. The first kappa shape index (κ1) is 22.6. The minimum atomic E-state index is -0.439. The summed E-state index contributed by atoms with van der Waals surface area (Å²) >= 11 is 0. The first-order valence-electron chi connectivity index (χ1n) is 11.2. The number of carbonyl (C=O) groups is 2. The summed E-state index contributed by atoms with van der Waals surface area (Å²) in [6.45, 7) is 0.444. The van der Waals surface area contributed by atoms with Crippen molar-refractivity contribution in [2.45, 2.75) is 44.9 Å². The summed E-state index contributed by atoms with van der Waals surface area (Å²) < 4.78 is 16.8. The maximum atomic E-state index is 12.4. The third-order valence-electron chi connectivity index (χ3n) is 5.87.